The summed E-state index contributed by atoms with van der Waals surface area (Å²) in [4.78, 5) is 25.4. The Hall–Kier alpha value is -5.42. The number of carbonyl (C=O) groups excluding carboxylic acids is 2. The molecule has 0 saturated carbocycles. The van der Waals surface area contributed by atoms with Crippen molar-refractivity contribution in [2.24, 2.45) is 0 Å². The summed E-state index contributed by atoms with van der Waals surface area (Å²) in [5.74, 6) is -3.58. The predicted molar refractivity (Wildman–Crippen MR) is 184 cm³/mol. The lowest BCUT2D eigenvalue weighted by atomic mass is 10.0. The molecular formula is C38H28O8P2. The third-order valence-corrected chi connectivity index (χ3v) is 13.3. The van der Waals surface area contributed by atoms with Gasteiger partial charge in [0.15, 0.2) is 0 Å². The molecule has 8 nitrogen and oxygen atoms in total. The van der Waals surface area contributed by atoms with Gasteiger partial charge < -0.3 is 18.5 Å². The van der Waals surface area contributed by atoms with Gasteiger partial charge in [0.25, 0.3) is 0 Å². The molecule has 10 heteroatoms. The largest absolute Gasteiger partial charge is 0.442 e. The zero-order chi connectivity index (χ0) is 33.5. The molecule has 0 bridgehead atoms. The second kappa shape index (κ2) is 12.3. The molecule has 5 aromatic rings. The van der Waals surface area contributed by atoms with Crippen LogP contribution in [0.25, 0.3) is 22.3 Å². The van der Waals surface area contributed by atoms with Crippen molar-refractivity contribution in [2.75, 3.05) is 0 Å². The zero-order valence-electron chi connectivity index (χ0n) is 25.4. The van der Waals surface area contributed by atoms with Crippen LogP contribution < -0.4 is 19.7 Å². The van der Waals surface area contributed by atoms with E-state index in [0.29, 0.717) is 44.4 Å². The van der Waals surface area contributed by atoms with E-state index in [0.717, 1.165) is 23.3 Å². The van der Waals surface area contributed by atoms with Gasteiger partial charge in [0.1, 0.15) is 11.5 Å². The minimum absolute atomic E-state index is 0.328. The van der Waals surface area contributed by atoms with Crippen molar-refractivity contribution in [3.63, 3.8) is 0 Å². The van der Waals surface area contributed by atoms with Gasteiger partial charge in [0, 0.05) is 34.4 Å². The molecule has 2 aliphatic rings. The lowest BCUT2D eigenvalue weighted by Gasteiger charge is -2.34. The number of rotatable bonds is 8. The van der Waals surface area contributed by atoms with Gasteiger partial charge in [0.2, 0.25) is 11.7 Å². The van der Waals surface area contributed by atoms with E-state index in [1.54, 1.807) is 72.8 Å². The molecule has 0 aliphatic carbocycles. The molecule has 2 aliphatic heterocycles. The van der Waals surface area contributed by atoms with Crippen LogP contribution in [0.5, 0.6) is 11.5 Å². The minimum Gasteiger partial charge on any atom is -0.442 e. The summed E-state index contributed by atoms with van der Waals surface area (Å²) in [5, 5.41) is 0.783. The highest BCUT2D eigenvalue weighted by molar-refractivity contribution is 7.68. The van der Waals surface area contributed by atoms with Crippen LogP contribution in [0.2, 0.25) is 0 Å². The summed E-state index contributed by atoms with van der Waals surface area (Å²) >= 11 is 0. The van der Waals surface area contributed by atoms with E-state index in [4.69, 9.17) is 18.5 Å². The highest BCUT2D eigenvalue weighted by Gasteiger charge is 2.48. The number of ether oxygens (including phenoxy) is 2. The molecular weight excluding hydrogens is 646 g/mol. The maximum Gasteiger partial charge on any atom is 0.331 e. The number of hydrogen-bond donors (Lipinski definition) is 0. The van der Waals surface area contributed by atoms with Gasteiger partial charge in [-0.3, -0.25) is 9.13 Å². The standard InChI is InChI=1S/C38H28O8P2/c1-3-35(39)43-37(47(41)33-19-11-7-15-29(33)27-13-5-9-17-31(27)45-47)25-21-23-26(24-22-25)38(44-36(40)4-2)48(42)34-20-12-8-16-30(34)28-14-6-10-18-32(28)46-48/h3-24,37-38H,1-2H2. The quantitative estimate of drug-likeness (QED) is 0.0917. The fourth-order valence-electron chi connectivity index (χ4n) is 6.03. The summed E-state index contributed by atoms with van der Waals surface area (Å²) in [6.07, 6.45) is 1.98. The number of carbonyl (C=O) groups is 2. The molecule has 238 valence electrons. The Morgan fingerprint density at radius 3 is 1.23 bits per heavy atom. The second-order valence-electron chi connectivity index (χ2n) is 11.1. The lowest BCUT2D eigenvalue weighted by Crippen LogP contribution is -2.25. The lowest BCUT2D eigenvalue weighted by molar-refractivity contribution is -0.141. The molecule has 2 heterocycles. The molecule has 0 saturated heterocycles. The van der Waals surface area contributed by atoms with E-state index >= 15 is 9.13 Å². The van der Waals surface area contributed by atoms with Crippen molar-refractivity contribution < 1.29 is 37.2 Å². The smallest absolute Gasteiger partial charge is 0.331 e. The van der Waals surface area contributed by atoms with E-state index in [1.165, 1.54) is 0 Å². The molecule has 5 aromatic carbocycles. The topological polar surface area (TPSA) is 105 Å². The van der Waals surface area contributed by atoms with Crippen molar-refractivity contribution in [1.82, 2.24) is 0 Å². The molecule has 0 spiro atoms. The van der Waals surface area contributed by atoms with Crippen LogP contribution in [0.3, 0.4) is 0 Å². The summed E-state index contributed by atoms with van der Waals surface area (Å²) < 4.78 is 54.1. The number of benzene rings is 5. The number of hydrogen-bond acceptors (Lipinski definition) is 8. The molecule has 0 radical (unpaired) electrons. The van der Waals surface area contributed by atoms with Crippen LogP contribution >= 0.6 is 14.7 Å². The first-order valence-electron chi connectivity index (χ1n) is 15.0. The zero-order valence-corrected chi connectivity index (χ0v) is 27.2. The molecule has 4 unspecified atom stereocenters. The van der Waals surface area contributed by atoms with Gasteiger partial charge in [-0.15, -0.1) is 0 Å². The van der Waals surface area contributed by atoms with Crippen molar-refractivity contribution >= 4 is 37.3 Å². The minimum atomic E-state index is -3.99. The monoisotopic (exact) mass is 674 g/mol. The van der Waals surface area contributed by atoms with Crippen molar-refractivity contribution in [2.45, 2.75) is 11.7 Å². The molecule has 48 heavy (non-hydrogen) atoms. The normalized spacial score (nSPS) is 19.7. The first-order chi connectivity index (χ1) is 23.3. The fraction of sp³-hybridized carbons (Fsp3) is 0.0526. The van der Waals surface area contributed by atoms with Crippen LogP contribution in [0.15, 0.2) is 147 Å². The number of para-hydroxylation sites is 2. The van der Waals surface area contributed by atoms with E-state index in [2.05, 4.69) is 13.2 Å². The Morgan fingerprint density at radius 2 is 0.854 bits per heavy atom. The number of fused-ring (bicyclic) bond motifs is 6. The molecule has 0 aromatic heterocycles. The summed E-state index contributed by atoms with van der Waals surface area (Å²) in [6.45, 7) is 7.03. The summed E-state index contributed by atoms with van der Waals surface area (Å²) in [6, 6.07) is 35.0. The van der Waals surface area contributed by atoms with Gasteiger partial charge in [-0.25, -0.2) is 9.59 Å². The first kappa shape index (κ1) is 31.2. The highest BCUT2D eigenvalue weighted by Crippen LogP contribution is 2.66. The first-order valence-corrected chi connectivity index (χ1v) is 18.4. The van der Waals surface area contributed by atoms with Crippen molar-refractivity contribution in [3.05, 3.63) is 158 Å². The van der Waals surface area contributed by atoms with Crippen molar-refractivity contribution in [1.29, 1.82) is 0 Å². The summed E-state index contributed by atoms with van der Waals surface area (Å²) in [5.41, 5.74) is 3.57. The molecule has 7 rings (SSSR count). The third kappa shape index (κ3) is 5.20. The maximum atomic E-state index is 15.0. The Kier molecular flexibility index (Phi) is 8.00. The van der Waals surface area contributed by atoms with Crippen molar-refractivity contribution in [3.8, 4) is 33.8 Å². The Labute approximate surface area is 277 Å². The molecule has 0 amide bonds. The Balaban J connectivity index is 1.34. The molecule has 0 fully saturated rings. The van der Waals surface area contributed by atoms with Gasteiger partial charge in [-0.2, -0.15) is 0 Å². The van der Waals surface area contributed by atoms with Gasteiger partial charge >= 0.3 is 26.7 Å². The van der Waals surface area contributed by atoms with Crippen LogP contribution in [0.4, 0.5) is 0 Å². The second-order valence-corrected chi connectivity index (χ2v) is 15.7. The van der Waals surface area contributed by atoms with Crippen LogP contribution in [-0.2, 0) is 28.2 Å². The molecule has 0 N–H and O–H groups in total. The van der Waals surface area contributed by atoms with E-state index in [-0.39, 0.29) is 0 Å². The van der Waals surface area contributed by atoms with E-state index < -0.39 is 38.4 Å². The summed E-state index contributed by atoms with van der Waals surface area (Å²) in [7, 11) is -7.98. The Bertz CT molecular complexity index is 2050. The highest BCUT2D eigenvalue weighted by atomic mass is 31.2. The van der Waals surface area contributed by atoms with Crippen LogP contribution in [-0.4, -0.2) is 11.9 Å². The maximum absolute atomic E-state index is 15.0. The van der Waals surface area contributed by atoms with E-state index in [9.17, 15) is 9.59 Å². The van der Waals surface area contributed by atoms with E-state index in [1.807, 2.05) is 48.5 Å². The van der Waals surface area contributed by atoms with Gasteiger partial charge in [-0.1, -0.05) is 110 Å². The third-order valence-electron chi connectivity index (χ3n) is 8.22. The Morgan fingerprint density at radius 1 is 0.521 bits per heavy atom. The van der Waals surface area contributed by atoms with Crippen LogP contribution in [0.1, 0.15) is 22.8 Å². The fourth-order valence-corrected chi connectivity index (χ4v) is 11.1. The average molecular weight is 675 g/mol. The molecule has 4 atom stereocenters. The number of esters is 2. The van der Waals surface area contributed by atoms with Gasteiger partial charge in [0.05, 0.1) is 10.6 Å². The predicted octanol–water partition coefficient (Wildman–Crippen LogP) is 8.47. The van der Waals surface area contributed by atoms with Gasteiger partial charge in [-0.05, 0) is 35.4 Å². The average Bonchev–Trinajstić information content (AvgIpc) is 3.13. The SMILES string of the molecule is C=CC(=O)OC(c1ccc(C(OC(=O)C=C)P2(=O)Oc3ccccc3-c3ccccc32)cc1)P1(=O)Oc2ccccc2-c2ccccc21. The van der Waals surface area contributed by atoms with Crippen LogP contribution in [0, 0.1) is 0 Å².